The highest BCUT2D eigenvalue weighted by Gasteiger charge is 2.45. The zero-order valence-electron chi connectivity index (χ0n) is 19.3. The minimum Gasteiger partial charge on any atom is -0.477 e. The lowest BCUT2D eigenvalue weighted by atomic mass is 9.74. The van der Waals surface area contributed by atoms with Crippen LogP contribution in [0.25, 0.3) is 16.7 Å². The van der Waals surface area contributed by atoms with E-state index in [1.807, 2.05) is 36.4 Å². The maximum atomic E-state index is 12.0. The molecule has 0 spiro atoms. The first-order valence-corrected chi connectivity index (χ1v) is 12.2. The number of hydrogen-bond donors (Lipinski definition) is 1. The molecule has 4 heterocycles. The molecular formula is C26H29N5O3. The molecule has 2 aromatic heterocycles. The number of aromatic nitrogens is 3. The van der Waals surface area contributed by atoms with Crippen molar-refractivity contribution < 1.29 is 14.7 Å². The minimum absolute atomic E-state index is 0.0274. The summed E-state index contributed by atoms with van der Waals surface area (Å²) in [5, 5.41) is 15.4. The molecule has 2 unspecified atom stereocenters. The van der Waals surface area contributed by atoms with E-state index in [0.29, 0.717) is 29.6 Å². The number of amides is 1. The number of aromatic carboxylic acids is 1. The molecule has 34 heavy (non-hydrogen) atoms. The quantitative estimate of drug-likeness (QED) is 0.644. The van der Waals surface area contributed by atoms with Crippen LogP contribution >= 0.6 is 0 Å². The number of carboxylic acids is 1. The lowest BCUT2D eigenvalue weighted by Gasteiger charge is -2.48. The van der Waals surface area contributed by atoms with Gasteiger partial charge in [-0.05, 0) is 55.9 Å². The molecule has 0 bridgehead atoms. The average Bonchev–Trinajstić information content (AvgIpc) is 3.40. The van der Waals surface area contributed by atoms with Crippen LogP contribution in [0.2, 0.25) is 0 Å². The molecule has 1 N–H and O–H groups in total. The molecule has 0 radical (unpaired) electrons. The van der Waals surface area contributed by atoms with Gasteiger partial charge in [0.1, 0.15) is 0 Å². The summed E-state index contributed by atoms with van der Waals surface area (Å²) in [6.45, 7) is 4.62. The van der Waals surface area contributed by atoms with E-state index < -0.39 is 5.97 Å². The second kappa shape index (κ2) is 8.20. The van der Waals surface area contributed by atoms with Crippen LogP contribution in [0, 0.1) is 5.92 Å². The number of hydrogen-bond acceptors (Lipinski definition) is 5. The van der Waals surface area contributed by atoms with Crippen molar-refractivity contribution in [1.29, 1.82) is 0 Å². The van der Waals surface area contributed by atoms with Crippen molar-refractivity contribution in [3.63, 3.8) is 0 Å². The van der Waals surface area contributed by atoms with Gasteiger partial charge < -0.3 is 10.0 Å². The average molecular weight is 460 g/mol. The minimum atomic E-state index is -1.04. The van der Waals surface area contributed by atoms with Gasteiger partial charge >= 0.3 is 5.97 Å². The van der Waals surface area contributed by atoms with E-state index in [1.54, 1.807) is 17.7 Å². The van der Waals surface area contributed by atoms with Crippen molar-refractivity contribution >= 4 is 22.9 Å². The predicted molar refractivity (Wildman–Crippen MR) is 127 cm³/mol. The zero-order valence-corrected chi connectivity index (χ0v) is 19.3. The Morgan fingerprint density at radius 3 is 2.50 bits per heavy atom. The molecule has 3 aromatic rings. The number of carboxylic acid groups (broad SMARTS) is 1. The van der Waals surface area contributed by atoms with E-state index in [1.165, 1.54) is 0 Å². The van der Waals surface area contributed by atoms with E-state index in [0.717, 1.165) is 62.1 Å². The van der Waals surface area contributed by atoms with Crippen LogP contribution in [-0.2, 0) is 4.79 Å². The molecule has 1 aliphatic carbocycles. The molecular weight excluding hydrogens is 430 g/mol. The van der Waals surface area contributed by atoms with Crippen LogP contribution in [0.5, 0.6) is 0 Å². The standard InChI is InChI=1S/C26H29N5O3/c1-16(32)30-14-11-17-15-29(13-12-22(17)30)23-10-8-19(23)24-20-7-9-21(26(33)34)27-25(20)31(28-24)18-5-3-2-4-6-18/h2-7,9,17,19,22-23H,8,10-15H2,1H3,(H,33,34)/t17-,19?,22+,23?/m1/s1. The first-order valence-electron chi connectivity index (χ1n) is 12.2. The number of benzene rings is 1. The Kier molecular flexibility index (Phi) is 5.13. The monoisotopic (exact) mass is 459 g/mol. The number of likely N-dealkylation sites (tertiary alicyclic amines) is 2. The highest BCUT2D eigenvalue weighted by molar-refractivity contribution is 5.90. The second-order valence-electron chi connectivity index (χ2n) is 9.87. The van der Waals surface area contributed by atoms with Gasteiger partial charge in [-0.3, -0.25) is 9.69 Å². The molecule has 1 aromatic carbocycles. The number of carbonyl (C=O) groups excluding carboxylic acids is 1. The molecule has 3 fully saturated rings. The molecule has 8 nitrogen and oxygen atoms in total. The Morgan fingerprint density at radius 1 is 0.971 bits per heavy atom. The first-order chi connectivity index (χ1) is 16.5. The molecule has 1 amide bonds. The van der Waals surface area contributed by atoms with Crippen LogP contribution in [0.1, 0.15) is 54.7 Å². The molecule has 4 atom stereocenters. The summed E-state index contributed by atoms with van der Waals surface area (Å²) in [4.78, 5) is 32.7. The van der Waals surface area contributed by atoms with Crippen molar-refractivity contribution in [2.75, 3.05) is 19.6 Å². The third kappa shape index (κ3) is 3.39. The maximum absolute atomic E-state index is 12.0. The molecule has 2 saturated heterocycles. The number of pyridine rings is 1. The Morgan fingerprint density at radius 2 is 1.79 bits per heavy atom. The summed E-state index contributed by atoms with van der Waals surface area (Å²) in [5.41, 5.74) is 2.51. The number of rotatable bonds is 4. The normalized spacial score (nSPS) is 26.9. The van der Waals surface area contributed by atoms with Gasteiger partial charge in [0.25, 0.3) is 0 Å². The Bertz CT molecular complexity index is 1260. The van der Waals surface area contributed by atoms with Crippen molar-refractivity contribution in [3.05, 3.63) is 53.9 Å². The van der Waals surface area contributed by atoms with Gasteiger partial charge in [0, 0.05) is 49.9 Å². The van der Waals surface area contributed by atoms with E-state index in [-0.39, 0.29) is 11.6 Å². The molecule has 3 aliphatic rings. The lowest BCUT2D eigenvalue weighted by molar-refractivity contribution is -0.130. The first kappa shape index (κ1) is 21.3. The van der Waals surface area contributed by atoms with Gasteiger partial charge in [0.2, 0.25) is 5.91 Å². The lowest BCUT2D eigenvalue weighted by Crippen LogP contribution is -2.54. The third-order valence-corrected chi connectivity index (χ3v) is 8.11. The highest BCUT2D eigenvalue weighted by Crippen LogP contribution is 2.45. The smallest absolute Gasteiger partial charge is 0.354 e. The number of carbonyl (C=O) groups is 2. The highest BCUT2D eigenvalue weighted by atomic mass is 16.4. The number of piperidine rings is 1. The summed E-state index contributed by atoms with van der Waals surface area (Å²) < 4.78 is 1.79. The molecule has 8 heteroatoms. The third-order valence-electron chi connectivity index (χ3n) is 8.11. The van der Waals surface area contributed by atoms with Crippen LogP contribution < -0.4 is 0 Å². The van der Waals surface area contributed by atoms with Crippen LogP contribution in [-0.4, -0.2) is 73.3 Å². The van der Waals surface area contributed by atoms with E-state index in [4.69, 9.17) is 5.10 Å². The van der Waals surface area contributed by atoms with Gasteiger partial charge in [0.15, 0.2) is 11.3 Å². The van der Waals surface area contributed by atoms with Gasteiger partial charge in [-0.15, -0.1) is 0 Å². The summed E-state index contributed by atoms with van der Waals surface area (Å²) in [6, 6.07) is 14.1. The van der Waals surface area contributed by atoms with E-state index >= 15 is 0 Å². The summed E-state index contributed by atoms with van der Waals surface area (Å²) in [7, 11) is 0. The zero-order chi connectivity index (χ0) is 23.4. The Balaban J connectivity index is 1.32. The van der Waals surface area contributed by atoms with E-state index in [2.05, 4.69) is 14.8 Å². The fraction of sp³-hybridized carbons (Fsp3) is 0.462. The molecule has 6 rings (SSSR count). The summed E-state index contributed by atoms with van der Waals surface area (Å²) in [5.74, 6) is 0.0163. The second-order valence-corrected chi connectivity index (χ2v) is 9.87. The van der Waals surface area contributed by atoms with Crippen molar-refractivity contribution in [1.82, 2.24) is 24.6 Å². The van der Waals surface area contributed by atoms with Crippen molar-refractivity contribution in [2.45, 2.75) is 50.6 Å². The number of fused-ring (bicyclic) bond motifs is 2. The fourth-order valence-corrected chi connectivity index (χ4v) is 6.30. The molecule has 2 aliphatic heterocycles. The summed E-state index contributed by atoms with van der Waals surface area (Å²) in [6.07, 6.45) is 4.33. The molecule has 176 valence electrons. The molecule has 1 saturated carbocycles. The number of para-hydroxylation sites is 1. The van der Waals surface area contributed by atoms with Crippen molar-refractivity contribution in [2.24, 2.45) is 5.92 Å². The van der Waals surface area contributed by atoms with Crippen LogP contribution in [0.15, 0.2) is 42.5 Å². The van der Waals surface area contributed by atoms with Gasteiger partial charge in [-0.25, -0.2) is 14.5 Å². The SMILES string of the molecule is CC(=O)N1CC[C@@H]2CN(C3CCC3c3nn(-c4ccccc4)c4nc(C(=O)O)ccc34)CC[C@@H]21. The predicted octanol–water partition coefficient (Wildman–Crippen LogP) is 3.31. The Hall–Kier alpha value is -3.26. The van der Waals surface area contributed by atoms with Gasteiger partial charge in [-0.1, -0.05) is 18.2 Å². The largest absolute Gasteiger partial charge is 0.477 e. The topological polar surface area (TPSA) is 91.6 Å². The van der Waals surface area contributed by atoms with Gasteiger partial charge in [0.05, 0.1) is 11.4 Å². The number of nitrogens with zero attached hydrogens (tertiary/aromatic N) is 5. The fourth-order valence-electron chi connectivity index (χ4n) is 6.30. The van der Waals surface area contributed by atoms with E-state index in [9.17, 15) is 14.7 Å². The maximum Gasteiger partial charge on any atom is 0.354 e. The Labute approximate surface area is 198 Å². The summed E-state index contributed by atoms with van der Waals surface area (Å²) >= 11 is 0. The van der Waals surface area contributed by atoms with Gasteiger partial charge in [-0.2, -0.15) is 5.10 Å². The van der Waals surface area contributed by atoms with Crippen molar-refractivity contribution in [3.8, 4) is 5.69 Å². The van der Waals surface area contributed by atoms with Crippen LogP contribution in [0.4, 0.5) is 0 Å². The van der Waals surface area contributed by atoms with Crippen LogP contribution in [0.3, 0.4) is 0 Å².